The van der Waals surface area contributed by atoms with Crippen molar-refractivity contribution in [1.82, 2.24) is 14.9 Å². The summed E-state index contributed by atoms with van der Waals surface area (Å²) in [7, 11) is 0. The first-order valence-corrected chi connectivity index (χ1v) is 13.1. The summed E-state index contributed by atoms with van der Waals surface area (Å²) in [5, 5.41) is 0. The van der Waals surface area contributed by atoms with E-state index < -0.39 is 0 Å². The number of rotatable bonds is 8. The Balaban J connectivity index is 1.51. The van der Waals surface area contributed by atoms with E-state index in [0.29, 0.717) is 6.54 Å². The number of amides is 1. The molecule has 184 valence electrons. The van der Waals surface area contributed by atoms with Crippen LogP contribution >= 0.6 is 0 Å². The Labute approximate surface area is 210 Å². The number of carbonyl (C=O) groups is 1. The van der Waals surface area contributed by atoms with E-state index in [1.54, 1.807) is 0 Å². The summed E-state index contributed by atoms with van der Waals surface area (Å²) in [6, 6.07) is 18.8. The third kappa shape index (κ3) is 6.27. The summed E-state index contributed by atoms with van der Waals surface area (Å²) in [4.78, 5) is 27.3. The summed E-state index contributed by atoms with van der Waals surface area (Å²) < 4.78 is 0. The topological polar surface area (TPSA) is 49.3 Å². The van der Waals surface area contributed by atoms with Gasteiger partial charge in [0.15, 0.2) is 0 Å². The molecule has 1 aromatic heterocycles. The zero-order valence-electron chi connectivity index (χ0n) is 21.5. The molecule has 0 unspecified atom stereocenters. The van der Waals surface area contributed by atoms with E-state index in [-0.39, 0.29) is 5.91 Å². The lowest BCUT2D eigenvalue weighted by atomic mass is 10.0. The molecule has 1 fully saturated rings. The van der Waals surface area contributed by atoms with Crippen molar-refractivity contribution in [3.63, 3.8) is 0 Å². The minimum Gasteiger partial charge on any atom is -0.354 e. The molecule has 1 aliphatic rings. The van der Waals surface area contributed by atoms with Crippen LogP contribution in [0.3, 0.4) is 0 Å². The Hall–Kier alpha value is -3.21. The van der Waals surface area contributed by atoms with Crippen LogP contribution in [0.5, 0.6) is 0 Å². The van der Waals surface area contributed by atoms with Crippen molar-refractivity contribution in [2.24, 2.45) is 0 Å². The third-order valence-electron chi connectivity index (χ3n) is 6.84. The maximum atomic E-state index is 13.3. The fourth-order valence-corrected chi connectivity index (χ4v) is 4.88. The maximum absolute atomic E-state index is 13.3. The van der Waals surface area contributed by atoms with Crippen molar-refractivity contribution in [3.8, 4) is 0 Å². The molecule has 0 saturated carbocycles. The second-order valence-corrected chi connectivity index (χ2v) is 9.47. The van der Waals surface area contributed by atoms with E-state index in [1.807, 2.05) is 24.0 Å². The average Bonchev–Trinajstić information content (AvgIpc) is 3.15. The fourth-order valence-electron chi connectivity index (χ4n) is 4.88. The van der Waals surface area contributed by atoms with E-state index >= 15 is 0 Å². The Kier molecular flexibility index (Phi) is 8.51. The van der Waals surface area contributed by atoms with Gasteiger partial charge >= 0.3 is 0 Å². The lowest BCUT2D eigenvalue weighted by Crippen LogP contribution is -2.35. The Bertz CT molecular complexity index is 1110. The van der Waals surface area contributed by atoms with Gasteiger partial charge in [-0.1, -0.05) is 62.7 Å². The number of unbranched alkanes of at least 4 members (excludes halogenated alkanes) is 1. The number of hydrogen-bond donors (Lipinski definition) is 0. The summed E-state index contributed by atoms with van der Waals surface area (Å²) >= 11 is 0. The average molecular weight is 471 g/mol. The van der Waals surface area contributed by atoms with Gasteiger partial charge < -0.3 is 9.80 Å². The predicted octanol–water partition coefficient (Wildman–Crippen LogP) is 5.63. The number of benzene rings is 2. The van der Waals surface area contributed by atoms with Crippen molar-refractivity contribution < 1.29 is 4.79 Å². The fraction of sp³-hybridized carbons (Fsp3) is 0.433. The summed E-state index contributed by atoms with van der Waals surface area (Å²) in [6.45, 7) is 9.49. The van der Waals surface area contributed by atoms with Crippen molar-refractivity contribution in [3.05, 3.63) is 88.4 Å². The molecule has 1 saturated heterocycles. The van der Waals surface area contributed by atoms with E-state index in [2.05, 4.69) is 61.2 Å². The second kappa shape index (κ2) is 12.0. The minimum atomic E-state index is 0.131. The Morgan fingerprint density at radius 1 is 0.886 bits per heavy atom. The molecule has 2 aromatic carbocycles. The monoisotopic (exact) mass is 470 g/mol. The van der Waals surface area contributed by atoms with Crippen molar-refractivity contribution in [2.45, 2.75) is 59.3 Å². The largest absolute Gasteiger partial charge is 0.354 e. The molecule has 0 atom stereocenters. The standard InChI is InChI=1S/C30H38N4O/c1-4-6-11-24-14-16-26(17-15-24)30(35)34-19-10-18-33(20-21-34)29-27(22-25-12-8-7-9-13-25)28(5-2)31-23(3)32-29/h7-9,12-17H,4-6,10-11,18-22H2,1-3H3. The molecule has 0 bridgehead atoms. The van der Waals surface area contributed by atoms with E-state index in [0.717, 1.165) is 68.2 Å². The highest BCUT2D eigenvalue weighted by Gasteiger charge is 2.24. The number of aryl methyl sites for hydroxylation is 3. The molecule has 1 amide bonds. The summed E-state index contributed by atoms with van der Waals surface area (Å²) in [5.74, 6) is 1.98. The SMILES string of the molecule is CCCCc1ccc(C(=O)N2CCCN(c3nc(C)nc(CC)c3Cc3ccccc3)CC2)cc1. The van der Waals surface area contributed by atoms with E-state index in [9.17, 15) is 4.79 Å². The van der Waals surface area contributed by atoms with Gasteiger partial charge in [-0.3, -0.25) is 4.79 Å². The molecule has 0 N–H and O–H groups in total. The first-order valence-electron chi connectivity index (χ1n) is 13.1. The molecule has 1 aliphatic heterocycles. The number of aromatic nitrogens is 2. The number of hydrogen-bond acceptors (Lipinski definition) is 4. The first kappa shape index (κ1) is 24.9. The van der Waals surface area contributed by atoms with Gasteiger partial charge in [0.2, 0.25) is 0 Å². The van der Waals surface area contributed by atoms with Crippen molar-refractivity contribution in [2.75, 3.05) is 31.1 Å². The summed E-state index contributed by atoms with van der Waals surface area (Å²) in [6.07, 6.45) is 6.07. The van der Waals surface area contributed by atoms with Gasteiger partial charge in [0.25, 0.3) is 5.91 Å². The van der Waals surface area contributed by atoms with E-state index in [1.165, 1.54) is 29.5 Å². The second-order valence-electron chi connectivity index (χ2n) is 9.47. The normalized spacial score (nSPS) is 14.1. The van der Waals surface area contributed by atoms with Gasteiger partial charge in [0.1, 0.15) is 11.6 Å². The molecule has 5 heteroatoms. The molecule has 2 heterocycles. The van der Waals surface area contributed by atoms with Crippen LogP contribution in [0.25, 0.3) is 0 Å². The van der Waals surface area contributed by atoms with Crippen LogP contribution in [0.1, 0.15) is 71.7 Å². The van der Waals surface area contributed by atoms with Crippen LogP contribution in [0.4, 0.5) is 5.82 Å². The van der Waals surface area contributed by atoms with Gasteiger partial charge in [0.05, 0.1) is 0 Å². The molecule has 0 spiro atoms. The van der Waals surface area contributed by atoms with Crippen molar-refractivity contribution >= 4 is 11.7 Å². The van der Waals surface area contributed by atoms with E-state index in [4.69, 9.17) is 9.97 Å². The highest BCUT2D eigenvalue weighted by Crippen LogP contribution is 2.26. The van der Waals surface area contributed by atoms with Crippen LogP contribution < -0.4 is 4.90 Å². The molecule has 0 aliphatic carbocycles. The maximum Gasteiger partial charge on any atom is 0.253 e. The highest BCUT2D eigenvalue weighted by atomic mass is 16.2. The van der Waals surface area contributed by atoms with Gasteiger partial charge in [-0.15, -0.1) is 0 Å². The van der Waals surface area contributed by atoms with Crippen LogP contribution in [-0.4, -0.2) is 47.0 Å². The Morgan fingerprint density at radius 2 is 1.66 bits per heavy atom. The zero-order valence-corrected chi connectivity index (χ0v) is 21.5. The zero-order chi connectivity index (χ0) is 24.6. The van der Waals surface area contributed by atoms with Crippen molar-refractivity contribution in [1.29, 1.82) is 0 Å². The van der Waals surface area contributed by atoms with Gasteiger partial charge in [-0.25, -0.2) is 9.97 Å². The van der Waals surface area contributed by atoms with Crippen LogP contribution in [0, 0.1) is 6.92 Å². The molecule has 35 heavy (non-hydrogen) atoms. The van der Waals surface area contributed by atoms with Gasteiger partial charge in [0, 0.05) is 49.4 Å². The predicted molar refractivity (Wildman–Crippen MR) is 143 cm³/mol. The quantitative estimate of drug-likeness (QED) is 0.428. The lowest BCUT2D eigenvalue weighted by molar-refractivity contribution is 0.0767. The van der Waals surface area contributed by atoms with Gasteiger partial charge in [-0.05, 0) is 55.9 Å². The van der Waals surface area contributed by atoms with Gasteiger partial charge in [-0.2, -0.15) is 0 Å². The highest BCUT2D eigenvalue weighted by molar-refractivity contribution is 5.94. The van der Waals surface area contributed by atoms with Crippen LogP contribution in [-0.2, 0) is 19.3 Å². The molecule has 3 aromatic rings. The number of nitrogens with zero attached hydrogens (tertiary/aromatic N) is 4. The third-order valence-corrected chi connectivity index (χ3v) is 6.84. The molecule has 4 rings (SSSR count). The number of carbonyl (C=O) groups excluding carboxylic acids is 1. The molecular formula is C30H38N4O. The van der Waals surface area contributed by atoms with Crippen LogP contribution in [0.15, 0.2) is 54.6 Å². The molecule has 0 radical (unpaired) electrons. The van der Waals surface area contributed by atoms with Crippen LogP contribution in [0.2, 0.25) is 0 Å². The lowest BCUT2D eigenvalue weighted by Gasteiger charge is -2.26. The number of anilines is 1. The first-order chi connectivity index (χ1) is 17.1. The smallest absolute Gasteiger partial charge is 0.253 e. The molecule has 5 nitrogen and oxygen atoms in total. The summed E-state index contributed by atoms with van der Waals surface area (Å²) in [5.41, 5.74) is 5.70. The minimum absolute atomic E-state index is 0.131. The molecular weight excluding hydrogens is 432 g/mol. The Morgan fingerprint density at radius 3 is 2.37 bits per heavy atom.